The zero-order chi connectivity index (χ0) is 21.2. The molecule has 152 valence electrons. The van der Waals surface area contributed by atoms with Crippen molar-refractivity contribution in [1.29, 1.82) is 0 Å². The highest BCUT2D eigenvalue weighted by molar-refractivity contribution is 5.95. The van der Waals surface area contributed by atoms with E-state index in [-0.39, 0.29) is 23.7 Å². The summed E-state index contributed by atoms with van der Waals surface area (Å²) in [7, 11) is 0. The lowest BCUT2D eigenvalue weighted by Crippen LogP contribution is -2.27. The molecule has 1 N–H and O–H groups in total. The minimum Gasteiger partial charge on any atom is -0.345 e. The summed E-state index contributed by atoms with van der Waals surface area (Å²) in [5, 5.41) is 7.12. The Morgan fingerprint density at radius 2 is 1.76 bits per heavy atom. The lowest BCUT2D eigenvalue weighted by Gasteiger charge is -2.16. The number of pyridine rings is 2. The summed E-state index contributed by atoms with van der Waals surface area (Å²) in [6, 6.07) is 5.55. The van der Waals surface area contributed by atoms with Crippen molar-refractivity contribution in [1.82, 2.24) is 25.1 Å². The van der Waals surface area contributed by atoms with E-state index >= 15 is 0 Å². The van der Waals surface area contributed by atoms with Crippen molar-refractivity contribution in [3.8, 4) is 5.82 Å². The highest BCUT2D eigenvalue weighted by Gasteiger charge is 2.31. The van der Waals surface area contributed by atoms with E-state index < -0.39 is 11.7 Å². The lowest BCUT2D eigenvalue weighted by atomic mass is 10.0. The number of nitrogens with zero attached hydrogens (tertiary/aromatic N) is 4. The Balaban J connectivity index is 1.90. The molecule has 9 heteroatoms. The molecule has 0 bridgehead atoms. The van der Waals surface area contributed by atoms with Crippen molar-refractivity contribution >= 4 is 5.91 Å². The van der Waals surface area contributed by atoms with E-state index in [9.17, 15) is 18.0 Å². The van der Waals surface area contributed by atoms with Crippen molar-refractivity contribution in [2.45, 2.75) is 38.9 Å². The highest BCUT2D eigenvalue weighted by Crippen LogP contribution is 2.29. The third-order valence-electron chi connectivity index (χ3n) is 4.44. The molecule has 0 spiro atoms. The molecule has 0 unspecified atom stereocenters. The van der Waals surface area contributed by atoms with Gasteiger partial charge in [0, 0.05) is 18.6 Å². The van der Waals surface area contributed by atoms with Gasteiger partial charge >= 0.3 is 6.18 Å². The van der Waals surface area contributed by atoms with Gasteiger partial charge in [0.1, 0.15) is 0 Å². The number of hydrogen-bond acceptors (Lipinski definition) is 4. The van der Waals surface area contributed by atoms with E-state index in [1.165, 1.54) is 16.9 Å². The molecule has 1 atom stereocenters. The zero-order valence-electron chi connectivity index (χ0n) is 16.1. The van der Waals surface area contributed by atoms with E-state index in [0.717, 1.165) is 17.8 Å². The van der Waals surface area contributed by atoms with Crippen LogP contribution in [0.2, 0.25) is 0 Å². The largest absolute Gasteiger partial charge is 0.417 e. The second-order valence-electron chi connectivity index (χ2n) is 6.89. The molecule has 0 saturated carbocycles. The smallest absolute Gasteiger partial charge is 0.345 e. The molecule has 6 nitrogen and oxygen atoms in total. The van der Waals surface area contributed by atoms with Gasteiger partial charge in [-0.3, -0.25) is 9.78 Å². The van der Waals surface area contributed by atoms with Crippen molar-refractivity contribution in [2.24, 2.45) is 0 Å². The summed E-state index contributed by atoms with van der Waals surface area (Å²) in [5.41, 5.74) is 0.971. The molecule has 0 radical (unpaired) electrons. The van der Waals surface area contributed by atoms with E-state index in [1.807, 2.05) is 32.9 Å². The van der Waals surface area contributed by atoms with Gasteiger partial charge in [-0.05, 0) is 42.7 Å². The topological polar surface area (TPSA) is 72.7 Å². The first-order valence-corrected chi connectivity index (χ1v) is 9.00. The summed E-state index contributed by atoms with van der Waals surface area (Å²) in [5.74, 6) is -0.224. The zero-order valence-corrected chi connectivity index (χ0v) is 16.1. The van der Waals surface area contributed by atoms with Gasteiger partial charge in [0.15, 0.2) is 5.82 Å². The maximum Gasteiger partial charge on any atom is 0.417 e. The molecule has 29 heavy (non-hydrogen) atoms. The van der Waals surface area contributed by atoms with Crippen molar-refractivity contribution < 1.29 is 18.0 Å². The average Bonchev–Trinajstić information content (AvgIpc) is 3.13. The van der Waals surface area contributed by atoms with Crippen LogP contribution in [0.25, 0.3) is 5.82 Å². The van der Waals surface area contributed by atoms with Gasteiger partial charge in [0.05, 0.1) is 29.1 Å². The Hall–Kier alpha value is -3.23. The maximum atomic E-state index is 12.8. The lowest BCUT2D eigenvalue weighted by molar-refractivity contribution is -0.137. The Kier molecular flexibility index (Phi) is 5.67. The normalized spacial score (nSPS) is 12.8. The quantitative estimate of drug-likeness (QED) is 0.690. The molecule has 3 aromatic rings. The minimum atomic E-state index is -4.47. The second-order valence-corrected chi connectivity index (χ2v) is 6.89. The molecule has 0 aromatic carbocycles. The molecule has 3 heterocycles. The van der Waals surface area contributed by atoms with E-state index in [2.05, 4.69) is 20.4 Å². The molecule has 0 aliphatic heterocycles. The van der Waals surface area contributed by atoms with Gasteiger partial charge in [-0.25, -0.2) is 9.67 Å². The van der Waals surface area contributed by atoms with Crippen LogP contribution in [0.5, 0.6) is 0 Å². The number of rotatable bonds is 5. The van der Waals surface area contributed by atoms with Crippen molar-refractivity contribution in [3.05, 3.63) is 71.4 Å². The molecule has 3 rings (SSSR count). The fraction of sp³-hybridized carbons (Fsp3) is 0.300. The van der Waals surface area contributed by atoms with Crippen LogP contribution in [0.1, 0.15) is 59.9 Å². The molecule has 0 aliphatic rings. The Morgan fingerprint density at radius 3 is 2.31 bits per heavy atom. The Labute approximate surface area is 165 Å². The van der Waals surface area contributed by atoms with Crippen LogP contribution in [-0.4, -0.2) is 25.7 Å². The minimum absolute atomic E-state index is 0.112. The molecular weight excluding hydrogens is 383 g/mol. The fourth-order valence-electron chi connectivity index (χ4n) is 2.96. The molecule has 0 saturated heterocycles. The summed E-state index contributed by atoms with van der Waals surface area (Å²) in [4.78, 5) is 20.7. The monoisotopic (exact) mass is 403 g/mol. The molecule has 0 fully saturated rings. The van der Waals surface area contributed by atoms with Crippen LogP contribution < -0.4 is 5.32 Å². The maximum absolute atomic E-state index is 12.8. The van der Waals surface area contributed by atoms with Crippen LogP contribution in [-0.2, 0) is 6.18 Å². The van der Waals surface area contributed by atoms with E-state index in [0.29, 0.717) is 11.3 Å². The van der Waals surface area contributed by atoms with Gasteiger partial charge in [0.25, 0.3) is 5.91 Å². The average molecular weight is 403 g/mol. The number of carbonyl (C=O) groups excluding carboxylic acids is 1. The third kappa shape index (κ3) is 4.44. The van der Waals surface area contributed by atoms with Crippen LogP contribution >= 0.6 is 0 Å². The van der Waals surface area contributed by atoms with Gasteiger partial charge in [0.2, 0.25) is 0 Å². The Morgan fingerprint density at radius 1 is 1.07 bits per heavy atom. The highest BCUT2D eigenvalue weighted by atomic mass is 19.4. The predicted molar refractivity (Wildman–Crippen MR) is 101 cm³/mol. The fourth-order valence-corrected chi connectivity index (χ4v) is 2.96. The first kappa shape index (κ1) is 20.5. The number of aromatic nitrogens is 4. The first-order chi connectivity index (χ1) is 13.7. The summed E-state index contributed by atoms with van der Waals surface area (Å²) >= 11 is 0. The van der Waals surface area contributed by atoms with Crippen molar-refractivity contribution in [3.63, 3.8) is 0 Å². The predicted octanol–water partition coefficient (Wildman–Crippen LogP) is 4.30. The Bertz CT molecular complexity index is 982. The SMILES string of the molecule is CC(C)c1c(C(=O)N[C@@H](C)c2ccncc2)cnn1-c1ccc(C(F)(F)F)cn1. The second kappa shape index (κ2) is 8.02. The van der Waals surface area contributed by atoms with Crippen LogP contribution in [0, 0.1) is 0 Å². The van der Waals surface area contributed by atoms with Gasteiger partial charge in [-0.15, -0.1) is 0 Å². The number of amides is 1. The number of carbonyl (C=O) groups is 1. The van der Waals surface area contributed by atoms with Gasteiger partial charge in [-0.1, -0.05) is 13.8 Å². The summed E-state index contributed by atoms with van der Waals surface area (Å²) < 4.78 is 39.7. The molecular formula is C20H20F3N5O. The third-order valence-corrected chi connectivity index (χ3v) is 4.44. The van der Waals surface area contributed by atoms with Gasteiger partial charge in [-0.2, -0.15) is 18.3 Å². The van der Waals surface area contributed by atoms with E-state index in [4.69, 9.17) is 0 Å². The van der Waals surface area contributed by atoms with E-state index in [1.54, 1.807) is 12.4 Å². The van der Waals surface area contributed by atoms with Gasteiger partial charge < -0.3 is 5.32 Å². The number of halogens is 3. The number of alkyl halides is 3. The van der Waals surface area contributed by atoms with Crippen LogP contribution in [0.3, 0.4) is 0 Å². The number of hydrogen-bond donors (Lipinski definition) is 1. The molecule has 3 aromatic heterocycles. The molecule has 1 amide bonds. The summed E-state index contributed by atoms with van der Waals surface area (Å²) in [6.07, 6.45) is 0.984. The molecule has 0 aliphatic carbocycles. The van der Waals surface area contributed by atoms with Crippen LogP contribution in [0.4, 0.5) is 13.2 Å². The standard InChI is InChI=1S/C20H20F3N5O/c1-12(2)18-16(19(29)27-13(3)14-6-8-24-9-7-14)11-26-28(18)17-5-4-15(10-25-17)20(21,22)23/h4-13H,1-3H3,(H,27,29)/t13-/m0/s1. The summed E-state index contributed by atoms with van der Waals surface area (Å²) in [6.45, 7) is 5.60. The van der Waals surface area contributed by atoms with Crippen molar-refractivity contribution in [2.75, 3.05) is 0 Å². The number of nitrogens with one attached hydrogen (secondary N) is 1. The first-order valence-electron chi connectivity index (χ1n) is 9.00. The van der Waals surface area contributed by atoms with Crippen LogP contribution in [0.15, 0.2) is 49.1 Å².